The van der Waals surface area contributed by atoms with E-state index in [-0.39, 0.29) is 17.9 Å². The average molecular weight is 414 g/mol. The number of nitro benzene ring substituents is 1. The van der Waals surface area contributed by atoms with E-state index in [0.29, 0.717) is 16.4 Å². The van der Waals surface area contributed by atoms with Crippen LogP contribution in [0.2, 0.25) is 0 Å². The molecule has 0 aliphatic heterocycles. The number of esters is 1. The first-order valence-corrected chi connectivity index (χ1v) is 9.40. The summed E-state index contributed by atoms with van der Waals surface area (Å²) < 4.78 is 58.5. The Hall–Kier alpha value is -3.08. The number of carbonyl (C=O) groups is 1. The van der Waals surface area contributed by atoms with Crippen molar-refractivity contribution in [3.8, 4) is 0 Å². The molecule has 2 aromatic rings. The minimum Gasteiger partial charge on any atom is -0.465 e. The normalized spacial score (nSPS) is 11.1. The van der Waals surface area contributed by atoms with Crippen molar-refractivity contribution in [2.45, 2.75) is 18.7 Å². The van der Waals surface area contributed by atoms with Crippen LogP contribution in [0.1, 0.15) is 12.5 Å². The molecule has 8 nitrogen and oxygen atoms in total. The Labute approximate surface area is 159 Å². The van der Waals surface area contributed by atoms with E-state index in [9.17, 15) is 32.1 Å². The van der Waals surface area contributed by atoms with Gasteiger partial charge in [0.05, 0.1) is 22.1 Å². The van der Waals surface area contributed by atoms with Gasteiger partial charge in [-0.15, -0.1) is 0 Å². The number of benzene rings is 2. The van der Waals surface area contributed by atoms with Gasteiger partial charge in [-0.1, -0.05) is 6.07 Å². The molecule has 0 fully saturated rings. The molecule has 0 radical (unpaired) electrons. The lowest BCUT2D eigenvalue weighted by Gasteiger charge is -2.24. The first-order chi connectivity index (χ1) is 13.1. The fraction of sp³-hybridized carbons (Fsp3) is 0.235. The van der Waals surface area contributed by atoms with E-state index in [0.717, 1.165) is 18.2 Å². The molecule has 28 heavy (non-hydrogen) atoms. The van der Waals surface area contributed by atoms with Gasteiger partial charge in [-0.2, -0.15) is 0 Å². The third-order valence-electron chi connectivity index (χ3n) is 3.72. The number of anilines is 1. The summed E-state index contributed by atoms with van der Waals surface area (Å²) >= 11 is 0. The molecule has 0 aliphatic rings. The van der Waals surface area contributed by atoms with Crippen LogP contribution in [0.5, 0.6) is 0 Å². The van der Waals surface area contributed by atoms with Crippen molar-refractivity contribution in [3.63, 3.8) is 0 Å². The number of carbonyl (C=O) groups excluding carboxylic acids is 1. The molecule has 0 N–H and O–H groups in total. The Morgan fingerprint density at radius 3 is 2.43 bits per heavy atom. The summed E-state index contributed by atoms with van der Waals surface area (Å²) in [5.41, 5.74) is -0.648. The molecule has 0 heterocycles. The van der Waals surface area contributed by atoms with E-state index in [4.69, 9.17) is 4.74 Å². The molecular formula is C17H16F2N2O6S. The molecule has 0 spiro atoms. The quantitative estimate of drug-likeness (QED) is 0.392. The third kappa shape index (κ3) is 4.42. The zero-order valence-corrected chi connectivity index (χ0v) is 15.7. The number of sulfonamides is 1. The molecule has 0 saturated heterocycles. The molecule has 2 rings (SSSR count). The molecule has 0 bridgehead atoms. The Balaban J connectivity index is 2.64. The Bertz CT molecular complexity index is 1030. The summed E-state index contributed by atoms with van der Waals surface area (Å²) in [6, 6.07) is 5.49. The first kappa shape index (κ1) is 21.2. The zero-order chi connectivity index (χ0) is 21.1. The standard InChI is InChI=1S/C17H16F2N2O6S/c1-3-27-17(22)10-20(12-6-7-14(18)15(19)8-12)28(25,26)16-9-13(21(23)24)5-4-11(16)2/h4-9H,3,10H2,1-2H3. The highest BCUT2D eigenvalue weighted by molar-refractivity contribution is 7.93. The predicted octanol–water partition coefficient (Wildman–Crippen LogP) is 2.94. The molecule has 2 aromatic carbocycles. The van der Waals surface area contributed by atoms with Gasteiger partial charge in [-0.3, -0.25) is 19.2 Å². The van der Waals surface area contributed by atoms with Gasteiger partial charge < -0.3 is 4.74 Å². The largest absolute Gasteiger partial charge is 0.465 e. The minimum absolute atomic E-state index is 0.0274. The lowest BCUT2D eigenvalue weighted by Crippen LogP contribution is -2.37. The fourth-order valence-corrected chi connectivity index (χ4v) is 4.03. The van der Waals surface area contributed by atoms with Crippen LogP contribution >= 0.6 is 0 Å². The van der Waals surface area contributed by atoms with Gasteiger partial charge in [-0.25, -0.2) is 17.2 Å². The van der Waals surface area contributed by atoms with Gasteiger partial charge in [0.2, 0.25) is 0 Å². The van der Waals surface area contributed by atoms with Gasteiger partial charge in [0.1, 0.15) is 6.54 Å². The van der Waals surface area contributed by atoms with E-state index in [2.05, 4.69) is 0 Å². The van der Waals surface area contributed by atoms with E-state index in [1.165, 1.54) is 19.9 Å². The highest BCUT2D eigenvalue weighted by Gasteiger charge is 2.31. The van der Waals surface area contributed by atoms with Gasteiger partial charge in [0.15, 0.2) is 11.6 Å². The second-order valence-electron chi connectivity index (χ2n) is 5.62. The summed E-state index contributed by atoms with van der Waals surface area (Å²) in [4.78, 5) is 21.7. The number of non-ortho nitro benzene ring substituents is 1. The van der Waals surface area contributed by atoms with E-state index < -0.39 is 49.7 Å². The second kappa shape index (κ2) is 8.30. The maximum Gasteiger partial charge on any atom is 0.326 e. The summed E-state index contributed by atoms with van der Waals surface area (Å²) in [5, 5.41) is 11.0. The van der Waals surface area contributed by atoms with Crippen molar-refractivity contribution in [1.82, 2.24) is 0 Å². The minimum atomic E-state index is -4.54. The topological polar surface area (TPSA) is 107 Å². The first-order valence-electron chi connectivity index (χ1n) is 7.96. The molecular weight excluding hydrogens is 398 g/mol. The smallest absolute Gasteiger partial charge is 0.326 e. The van der Waals surface area contributed by atoms with Crippen LogP contribution in [0.25, 0.3) is 0 Å². The Morgan fingerprint density at radius 2 is 1.86 bits per heavy atom. The van der Waals surface area contributed by atoms with Crippen molar-refractivity contribution in [2.24, 2.45) is 0 Å². The second-order valence-corrected chi connectivity index (χ2v) is 7.45. The predicted molar refractivity (Wildman–Crippen MR) is 95.4 cm³/mol. The van der Waals surface area contributed by atoms with Crippen molar-refractivity contribution in [2.75, 3.05) is 17.5 Å². The monoisotopic (exact) mass is 414 g/mol. The highest BCUT2D eigenvalue weighted by Crippen LogP contribution is 2.29. The molecule has 0 atom stereocenters. The number of nitrogens with zero attached hydrogens (tertiary/aromatic N) is 2. The van der Waals surface area contributed by atoms with Gasteiger partial charge in [0, 0.05) is 18.2 Å². The number of rotatable bonds is 7. The number of nitro groups is 1. The number of aryl methyl sites for hydroxylation is 1. The van der Waals surface area contributed by atoms with Crippen molar-refractivity contribution in [3.05, 3.63) is 63.7 Å². The van der Waals surface area contributed by atoms with Crippen molar-refractivity contribution < 1.29 is 31.7 Å². The van der Waals surface area contributed by atoms with Crippen LogP contribution < -0.4 is 4.31 Å². The van der Waals surface area contributed by atoms with E-state index >= 15 is 0 Å². The van der Waals surface area contributed by atoms with Gasteiger partial charge in [-0.05, 0) is 31.5 Å². The summed E-state index contributed by atoms with van der Waals surface area (Å²) in [7, 11) is -4.54. The van der Waals surface area contributed by atoms with Crippen LogP contribution in [0.4, 0.5) is 20.2 Å². The maximum atomic E-state index is 13.7. The zero-order valence-electron chi connectivity index (χ0n) is 14.9. The van der Waals surface area contributed by atoms with Crippen LogP contribution in [0.15, 0.2) is 41.3 Å². The molecule has 0 unspecified atom stereocenters. The maximum absolute atomic E-state index is 13.7. The molecule has 0 saturated carbocycles. The fourth-order valence-electron chi connectivity index (χ4n) is 2.38. The number of hydrogen-bond donors (Lipinski definition) is 0. The van der Waals surface area contributed by atoms with Crippen LogP contribution in [-0.4, -0.2) is 32.5 Å². The van der Waals surface area contributed by atoms with Crippen LogP contribution in [-0.2, 0) is 19.6 Å². The average Bonchev–Trinajstić information content (AvgIpc) is 2.62. The SMILES string of the molecule is CCOC(=O)CN(c1ccc(F)c(F)c1)S(=O)(=O)c1cc([N+](=O)[O-])ccc1C. The molecule has 0 amide bonds. The van der Waals surface area contributed by atoms with E-state index in [1.807, 2.05) is 0 Å². The highest BCUT2D eigenvalue weighted by atomic mass is 32.2. The Morgan fingerprint density at radius 1 is 1.18 bits per heavy atom. The lowest BCUT2D eigenvalue weighted by atomic mass is 10.2. The third-order valence-corrected chi connectivity index (χ3v) is 5.64. The summed E-state index contributed by atoms with van der Waals surface area (Å²) in [6.45, 7) is 2.06. The van der Waals surface area contributed by atoms with Gasteiger partial charge in [0.25, 0.3) is 15.7 Å². The molecule has 150 valence electrons. The van der Waals surface area contributed by atoms with Gasteiger partial charge >= 0.3 is 5.97 Å². The van der Waals surface area contributed by atoms with Crippen molar-refractivity contribution in [1.29, 1.82) is 0 Å². The lowest BCUT2D eigenvalue weighted by molar-refractivity contribution is -0.385. The molecule has 0 aromatic heterocycles. The summed E-state index contributed by atoms with van der Waals surface area (Å²) in [5.74, 6) is -3.46. The van der Waals surface area contributed by atoms with Crippen LogP contribution in [0.3, 0.4) is 0 Å². The number of ether oxygens (including phenoxy) is 1. The van der Waals surface area contributed by atoms with E-state index in [1.54, 1.807) is 0 Å². The molecule has 0 aliphatic carbocycles. The summed E-state index contributed by atoms with van der Waals surface area (Å²) in [6.07, 6.45) is 0. The number of halogens is 2. The van der Waals surface area contributed by atoms with Crippen molar-refractivity contribution >= 4 is 27.4 Å². The molecule has 11 heteroatoms. The Kier molecular flexibility index (Phi) is 6.29. The number of hydrogen-bond acceptors (Lipinski definition) is 6. The van der Waals surface area contributed by atoms with Crippen LogP contribution in [0, 0.1) is 28.7 Å².